The summed E-state index contributed by atoms with van der Waals surface area (Å²) >= 11 is 0. The number of aromatic nitrogens is 2. The Morgan fingerprint density at radius 2 is 0.939 bits per heavy atom. The molecule has 0 saturated heterocycles. The zero-order valence-electron chi connectivity index (χ0n) is 30.4. The quantitative estimate of drug-likeness (QED) is 0.167. The zero-order chi connectivity index (χ0) is 34.2. The van der Waals surface area contributed by atoms with Gasteiger partial charge in [-0.05, 0) is 78.6 Å². The second-order valence-corrected chi connectivity index (χ2v) is 17.4. The highest BCUT2D eigenvalue weighted by molar-refractivity contribution is 7.00. The van der Waals surface area contributed by atoms with Gasteiger partial charge in [0.2, 0.25) is 0 Å². The van der Waals surface area contributed by atoms with E-state index in [0.717, 1.165) is 0 Å². The van der Waals surface area contributed by atoms with Gasteiger partial charge in [-0.1, -0.05) is 153 Å². The first-order valence-corrected chi connectivity index (χ1v) is 17.9. The van der Waals surface area contributed by atoms with Crippen LogP contribution in [0.3, 0.4) is 0 Å². The van der Waals surface area contributed by atoms with Gasteiger partial charge in [0, 0.05) is 33.2 Å². The second-order valence-electron chi connectivity index (χ2n) is 17.4. The molecule has 242 valence electrons. The molecular weight excluding hydrogens is 591 g/mol. The molecule has 0 aliphatic carbocycles. The fraction of sp³-hybridized carbons (Fsp3) is 0.261. The molecule has 2 aliphatic rings. The van der Waals surface area contributed by atoms with Crippen LogP contribution in [-0.2, 0) is 16.2 Å². The Balaban J connectivity index is 1.53. The van der Waals surface area contributed by atoms with E-state index < -0.39 is 0 Å². The third-order valence-corrected chi connectivity index (χ3v) is 11.0. The summed E-state index contributed by atoms with van der Waals surface area (Å²) in [5.74, 6) is 0. The smallest absolute Gasteiger partial charge is 0.252 e. The average Bonchev–Trinajstić information content (AvgIpc) is 3.61. The molecule has 0 saturated carbocycles. The van der Waals surface area contributed by atoms with Gasteiger partial charge < -0.3 is 9.13 Å². The number of benzene rings is 5. The number of hydrogen-bond donors (Lipinski definition) is 0. The topological polar surface area (TPSA) is 9.86 Å². The molecule has 7 aromatic rings. The van der Waals surface area contributed by atoms with Crippen molar-refractivity contribution in [3.63, 3.8) is 0 Å². The highest BCUT2D eigenvalue weighted by Crippen LogP contribution is 2.47. The normalized spacial score (nSPS) is 13.8. The molecule has 0 N–H and O–H groups in total. The monoisotopic (exact) mass is 636 g/mol. The van der Waals surface area contributed by atoms with E-state index in [-0.39, 0.29) is 23.0 Å². The maximum atomic E-state index is 2.64. The van der Waals surface area contributed by atoms with Crippen molar-refractivity contribution in [2.24, 2.45) is 0 Å². The lowest BCUT2D eigenvalue weighted by Gasteiger charge is -2.35. The maximum Gasteiger partial charge on any atom is 0.252 e. The van der Waals surface area contributed by atoms with Crippen molar-refractivity contribution in [1.29, 1.82) is 0 Å². The van der Waals surface area contributed by atoms with Crippen molar-refractivity contribution in [1.82, 2.24) is 9.13 Å². The highest BCUT2D eigenvalue weighted by atomic mass is 15.0. The molecule has 3 heteroatoms. The third kappa shape index (κ3) is 4.14. The Morgan fingerprint density at radius 3 is 1.45 bits per heavy atom. The largest absolute Gasteiger partial charge is 0.310 e. The number of rotatable bonds is 2. The van der Waals surface area contributed by atoms with Crippen LogP contribution < -0.4 is 16.4 Å². The molecule has 49 heavy (non-hydrogen) atoms. The lowest BCUT2D eigenvalue weighted by Crippen LogP contribution is -2.59. The van der Waals surface area contributed by atoms with E-state index in [4.69, 9.17) is 0 Å². The molecule has 0 spiro atoms. The second kappa shape index (κ2) is 9.91. The van der Waals surface area contributed by atoms with Gasteiger partial charge >= 0.3 is 0 Å². The fourth-order valence-electron chi connectivity index (χ4n) is 9.14. The molecule has 0 radical (unpaired) electrons. The van der Waals surface area contributed by atoms with E-state index in [2.05, 4.69) is 181 Å². The van der Waals surface area contributed by atoms with E-state index in [1.807, 2.05) is 0 Å². The van der Waals surface area contributed by atoms with Gasteiger partial charge in [0.25, 0.3) is 6.71 Å². The van der Waals surface area contributed by atoms with E-state index in [1.54, 1.807) is 0 Å². The molecule has 4 heterocycles. The molecule has 0 unspecified atom stereocenters. The van der Waals surface area contributed by atoms with E-state index >= 15 is 0 Å². The molecule has 0 fully saturated rings. The van der Waals surface area contributed by atoms with Crippen molar-refractivity contribution in [3.8, 4) is 33.9 Å². The third-order valence-electron chi connectivity index (χ3n) is 11.0. The van der Waals surface area contributed by atoms with Crippen LogP contribution in [0.5, 0.6) is 0 Å². The molecule has 0 amide bonds. The molecule has 5 aromatic carbocycles. The predicted molar refractivity (Wildman–Crippen MR) is 212 cm³/mol. The fourth-order valence-corrected chi connectivity index (χ4v) is 9.14. The van der Waals surface area contributed by atoms with E-state index in [0.29, 0.717) is 0 Å². The summed E-state index contributed by atoms with van der Waals surface area (Å²) in [7, 11) is 0. The van der Waals surface area contributed by atoms with Crippen molar-refractivity contribution in [2.75, 3.05) is 0 Å². The lowest BCUT2D eigenvalue weighted by molar-refractivity contribution is 0.588. The standard InChI is InChI=1S/C46H45BN2/c1-44(2,3)30-26-32-38(46(7,8)9)41(29-20-14-11-15-21-29)49-36-25-17-24-35-39(36)47(34(27-30)43(32)49)33-23-16-22-31-37(45(4,5)6)40(48(35)42(31)33)28-18-12-10-13-19-28/h10-27H,1-9H3. The van der Waals surface area contributed by atoms with Crippen LogP contribution in [0.15, 0.2) is 109 Å². The van der Waals surface area contributed by atoms with Crippen LogP contribution in [0.4, 0.5) is 0 Å². The van der Waals surface area contributed by atoms with Gasteiger partial charge in [0.05, 0.1) is 11.4 Å². The number of nitrogens with zero attached hydrogens (tertiary/aromatic N) is 2. The summed E-state index contributed by atoms with van der Waals surface area (Å²) in [6.45, 7) is 21.5. The Kier molecular flexibility index (Phi) is 6.13. The van der Waals surface area contributed by atoms with Crippen LogP contribution in [0.1, 0.15) is 79.0 Å². The Morgan fingerprint density at radius 1 is 0.449 bits per heavy atom. The van der Waals surface area contributed by atoms with Gasteiger partial charge in [-0.25, -0.2) is 0 Å². The summed E-state index contributed by atoms with van der Waals surface area (Å²) in [6.07, 6.45) is 0. The van der Waals surface area contributed by atoms with E-state index in [1.165, 1.54) is 88.8 Å². The van der Waals surface area contributed by atoms with Crippen LogP contribution >= 0.6 is 0 Å². The molecule has 2 nitrogen and oxygen atoms in total. The summed E-state index contributed by atoms with van der Waals surface area (Å²) in [4.78, 5) is 0. The minimum absolute atomic E-state index is 0.00454. The molecule has 9 rings (SSSR count). The van der Waals surface area contributed by atoms with Crippen LogP contribution in [-0.4, -0.2) is 15.8 Å². The van der Waals surface area contributed by atoms with Crippen molar-refractivity contribution >= 4 is 44.9 Å². The van der Waals surface area contributed by atoms with Gasteiger partial charge in [-0.2, -0.15) is 0 Å². The van der Waals surface area contributed by atoms with Gasteiger partial charge in [-0.15, -0.1) is 0 Å². The Bertz CT molecular complexity index is 2470. The van der Waals surface area contributed by atoms with Crippen molar-refractivity contribution < 1.29 is 0 Å². The Hall–Kier alpha value is -4.76. The minimum Gasteiger partial charge on any atom is -0.310 e. The number of hydrogen-bond acceptors (Lipinski definition) is 0. The molecule has 0 atom stereocenters. The molecule has 2 aliphatic heterocycles. The van der Waals surface area contributed by atoms with E-state index in [9.17, 15) is 0 Å². The van der Waals surface area contributed by atoms with Crippen LogP contribution in [0.2, 0.25) is 0 Å². The summed E-state index contributed by atoms with van der Waals surface area (Å²) in [5.41, 5.74) is 18.8. The maximum absolute atomic E-state index is 2.64. The SMILES string of the molecule is CC(C)(C)c1cc2c3c(c1)c(C(C)(C)C)c(-c1ccccc1)n3-c1cccc3c1B2c1cccc2c(C(C)(C)C)c(-c4ccccc4)n-3c12. The van der Waals surface area contributed by atoms with Gasteiger partial charge in [0.1, 0.15) is 0 Å². The highest BCUT2D eigenvalue weighted by Gasteiger charge is 2.44. The molecular formula is C46H45BN2. The zero-order valence-corrected chi connectivity index (χ0v) is 30.4. The van der Waals surface area contributed by atoms with Crippen molar-refractivity contribution in [3.05, 3.63) is 126 Å². The predicted octanol–water partition coefficient (Wildman–Crippen LogP) is 9.94. The van der Waals surface area contributed by atoms with Crippen LogP contribution in [0, 0.1) is 0 Å². The van der Waals surface area contributed by atoms with Crippen molar-refractivity contribution in [2.45, 2.75) is 78.6 Å². The molecule has 2 aromatic heterocycles. The van der Waals surface area contributed by atoms with Gasteiger partial charge in [0.15, 0.2) is 0 Å². The summed E-state index contributed by atoms with van der Waals surface area (Å²) < 4.78 is 5.27. The first kappa shape index (κ1) is 30.3. The number of para-hydroxylation sites is 1. The summed E-state index contributed by atoms with van der Waals surface area (Å²) in [5, 5.41) is 2.75. The lowest BCUT2D eigenvalue weighted by atomic mass is 9.34. The van der Waals surface area contributed by atoms with Gasteiger partial charge in [-0.3, -0.25) is 0 Å². The first-order valence-electron chi connectivity index (χ1n) is 17.9. The Labute approximate surface area is 291 Å². The summed E-state index contributed by atoms with van der Waals surface area (Å²) in [6, 6.07) is 41.4. The van der Waals surface area contributed by atoms with Crippen LogP contribution in [0.25, 0.3) is 55.7 Å². The first-order chi connectivity index (χ1) is 23.3. The molecule has 0 bridgehead atoms. The minimum atomic E-state index is -0.0758. The average molecular weight is 637 g/mol. The number of fused-ring (bicyclic) bond motifs is 4.